The molecule has 0 saturated carbocycles. The number of aromatic nitrogens is 2. The number of carbonyl (C=O) groups is 1. The molecule has 1 aromatic heterocycles. The third-order valence-corrected chi connectivity index (χ3v) is 4.41. The number of thioether (sulfide) groups is 1. The van der Waals surface area contributed by atoms with Gasteiger partial charge in [-0.1, -0.05) is 29.8 Å². The summed E-state index contributed by atoms with van der Waals surface area (Å²) in [6.45, 7) is 0. The molecule has 1 aliphatic rings. The Morgan fingerprint density at radius 2 is 2.20 bits per heavy atom. The average molecular weight is 307 g/mol. The smallest absolute Gasteiger partial charge is 0.252 e. The largest absolute Gasteiger partial charge is 0.365 e. The van der Waals surface area contributed by atoms with Crippen LogP contribution in [0, 0.1) is 0 Å². The van der Waals surface area contributed by atoms with Crippen LogP contribution in [0.1, 0.15) is 22.0 Å². The van der Waals surface area contributed by atoms with E-state index in [1.54, 1.807) is 11.8 Å². The van der Waals surface area contributed by atoms with Crippen LogP contribution in [-0.2, 0) is 0 Å². The predicted molar refractivity (Wildman–Crippen MR) is 79.1 cm³/mol. The van der Waals surface area contributed by atoms with Crippen LogP contribution in [0.25, 0.3) is 0 Å². The molecule has 3 N–H and O–H groups in total. The molecule has 1 atom stereocenters. The normalized spacial score (nSPS) is 16.8. The van der Waals surface area contributed by atoms with E-state index in [-0.39, 0.29) is 16.8 Å². The number of nitrogens with one attached hydrogen (secondary N) is 1. The first kappa shape index (κ1) is 13.2. The summed E-state index contributed by atoms with van der Waals surface area (Å²) in [5, 5.41) is 11.1. The molecule has 102 valence electrons. The van der Waals surface area contributed by atoms with E-state index in [1.165, 1.54) is 16.5 Å². The van der Waals surface area contributed by atoms with Gasteiger partial charge >= 0.3 is 0 Å². The Labute approximate surface area is 124 Å². The van der Waals surface area contributed by atoms with Crippen LogP contribution in [0.3, 0.4) is 0 Å². The van der Waals surface area contributed by atoms with Crippen molar-refractivity contribution in [2.45, 2.75) is 10.9 Å². The number of primary amides is 1. The van der Waals surface area contributed by atoms with Crippen molar-refractivity contribution in [1.82, 2.24) is 10.2 Å². The third-order valence-electron chi connectivity index (χ3n) is 3.04. The molecular weight excluding hydrogens is 296 g/mol. The average Bonchev–Trinajstić information content (AvgIpc) is 2.84. The number of hydrogen-bond acceptors (Lipinski definition) is 5. The lowest BCUT2D eigenvalue weighted by Crippen LogP contribution is -2.19. The maximum absolute atomic E-state index is 11.4. The Morgan fingerprint density at radius 1 is 1.40 bits per heavy atom. The monoisotopic (exact) mass is 306 g/mol. The summed E-state index contributed by atoms with van der Waals surface area (Å²) in [4.78, 5) is 12.7. The van der Waals surface area contributed by atoms with Gasteiger partial charge in [0.2, 0.25) is 0 Å². The van der Waals surface area contributed by atoms with Gasteiger partial charge in [-0.25, -0.2) is 0 Å². The number of carbonyl (C=O) groups excluding carboxylic acids is 1. The fourth-order valence-electron chi connectivity index (χ4n) is 2.11. The first-order valence-electron chi connectivity index (χ1n) is 5.96. The molecule has 20 heavy (non-hydrogen) atoms. The molecule has 0 bridgehead atoms. The molecule has 2 aromatic rings. The van der Waals surface area contributed by atoms with Gasteiger partial charge in [-0.15, -0.1) is 22.0 Å². The molecule has 1 aliphatic heterocycles. The Morgan fingerprint density at radius 3 is 3.00 bits per heavy atom. The third kappa shape index (κ3) is 2.44. The number of rotatable bonds is 3. The highest BCUT2D eigenvalue weighted by Gasteiger charge is 2.24. The molecule has 0 fully saturated rings. The second-order valence-electron chi connectivity index (χ2n) is 4.34. The quantitative estimate of drug-likeness (QED) is 0.910. The van der Waals surface area contributed by atoms with Gasteiger partial charge in [-0.3, -0.25) is 4.79 Å². The van der Waals surface area contributed by atoms with E-state index in [2.05, 4.69) is 27.6 Å². The van der Waals surface area contributed by atoms with E-state index < -0.39 is 5.91 Å². The van der Waals surface area contributed by atoms with E-state index in [1.807, 2.05) is 12.1 Å². The first-order valence-corrected chi connectivity index (χ1v) is 7.33. The Kier molecular flexibility index (Phi) is 3.50. The van der Waals surface area contributed by atoms with E-state index >= 15 is 0 Å². The van der Waals surface area contributed by atoms with Crippen LogP contribution < -0.4 is 11.1 Å². The van der Waals surface area contributed by atoms with Gasteiger partial charge < -0.3 is 11.1 Å². The lowest BCUT2D eigenvalue weighted by molar-refractivity contribution is 0.100. The second kappa shape index (κ2) is 5.30. The number of nitrogens with two attached hydrogens (primary N) is 1. The minimum atomic E-state index is -0.580. The molecule has 1 amide bonds. The highest BCUT2D eigenvalue weighted by Crippen LogP contribution is 2.39. The molecule has 2 heterocycles. The Balaban J connectivity index is 1.92. The molecule has 3 rings (SSSR count). The summed E-state index contributed by atoms with van der Waals surface area (Å²) < 4.78 is 0. The van der Waals surface area contributed by atoms with Crippen LogP contribution >= 0.6 is 23.4 Å². The second-order valence-corrected chi connectivity index (χ2v) is 5.79. The lowest BCUT2D eigenvalue weighted by atomic mass is 10.1. The van der Waals surface area contributed by atoms with Crippen molar-refractivity contribution in [1.29, 1.82) is 0 Å². The summed E-state index contributed by atoms with van der Waals surface area (Å²) in [6, 6.07) is 9.62. The van der Waals surface area contributed by atoms with Gasteiger partial charge in [0, 0.05) is 10.6 Å². The summed E-state index contributed by atoms with van der Waals surface area (Å²) in [6.07, 6.45) is 0. The molecule has 0 aliphatic carbocycles. The number of halogens is 1. The van der Waals surface area contributed by atoms with Gasteiger partial charge in [0.1, 0.15) is 0 Å². The maximum atomic E-state index is 11.4. The standard InChI is InChI=1S/C13H11ClN4OS/c14-11-5-8(12(15)19)13(18-17-11)16-9-6-20-10-4-2-1-3-7(9)10/h1-5,9H,6H2,(H2,15,19)(H,16,18)/t9-/m0/s1. The Hall–Kier alpha value is -1.79. The highest BCUT2D eigenvalue weighted by atomic mass is 35.5. The summed E-state index contributed by atoms with van der Waals surface area (Å²) in [7, 11) is 0. The zero-order valence-electron chi connectivity index (χ0n) is 10.3. The van der Waals surface area contributed by atoms with E-state index in [9.17, 15) is 4.79 Å². The van der Waals surface area contributed by atoms with Crippen molar-refractivity contribution < 1.29 is 4.79 Å². The fourth-order valence-corrected chi connectivity index (χ4v) is 3.42. The molecule has 5 nitrogen and oxygen atoms in total. The van der Waals surface area contributed by atoms with Crippen molar-refractivity contribution in [2.75, 3.05) is 11.1 Å². The number of amides is 1. The SMILES string of the molecule is NC(=O)c1cc(Cl)nnc1N[C@H]1CSc2ccccc21. The molecule has 0 spiro atoms. The van der Waals surface area contributed by atoms with Gasteiger partial charge in [-0.05, 0) is 17.7 Å². The minimum absolute atomic E-state index is 0.0739. The van der Waals surface area contributed by atoms with E-state index in [4.69, 9.17) is 17.3 Å². The molecule has 0 radical (unpaired) electrons. The molecule has 1 aromatic carbocycles. The van der Waals surface area contributed by atoms with Gasteiger partial charge in [0.15, 0.2) is 11.0 Å². The highest BCUT2D eigenvalue weighted by molar-refractivity contribution is 7.99. The number of fused-ring (bicyclic) bond motifs is 1. The number of benzene rings is 1. The molecular formula is C13H11ClN4OS. The Bertz CT molecular complexity index is 679. The fraction of sp³-hybridized carbons (Fsp3) is 0.154. The van der Waals surface area contributed by atoms with Crippen LogP contribution in [-0.4, -0.2) is 21.9 Å². The zero-order chi connectivity index (χ0) is 14.1. The van der Waals surface area contributed by atoms with Crippen molar-refractivity contribution in [3.8, 4) is 0 Å². The maximum Gasteiger partial charge on any atom is 0.252 e. The number of nitrogens with zero attached hydrogens (tertiary/aromatic N) is 2. The van der Waals surface area contributed by atoms with Gasteiger partial charge in [-0.2, -0.15) is 0 Å². The molecule has 0 saturated heterocycles. The molecule has 7 heteroatoms. The van der Waals surface area contributed by atoms with E-state index in [0.29, 0.717) is 5.82 Å². The number of hydrogen-bond donors (Lipinski definition) is 2. The first-order chi connectivity index (χ1) is 9.65. The summed E-state index contributed by atoms with van der Waals surface area (Å²) >= 11 is 7.51. The van der Waals surface area contributed by atoms with Crippen molar-refractivity contribution in [3.05, 3.63) is 46.6 Å². The van der Waals surface area contributed by atoms with Crippen LogP contribution in [0.4, 0.5) is 5.82 Å². The van der Waals surface area contributed by atoms with Gasteiger partial charge in [0.25, 0.3) is 5.91 Å². The summed E-state index contributed by atoms with van der Waals surface area (Å²) in [5.41, 5.74) is 6.78. The van der Waals surface area contributed by atoms with Crippen molar-refractivity contribution >= 4 is 35.1 Å². The summed E-state index contributed by atoms with van der Waals surface area (Å²) in [5.74, 6) is 0.648. The molecule has 0 unspecified atom stereocenters. The van der Waals surface area contributed by atoms with Gasteiger partial charge in [0.05, 0.1) is 11.6 Å². The van der Waals surface area contributed by atoms with E-state index in [0.717, 1.165) is 5.75 Å². The topological polar surface area (TPSA) is 80.9 Å². The predicted octanol–water partition coefficient (Wildman–Crippen LogP) is 2.49. The van der Waals surface area contributed by atoms with Crippen LogP contribution in [0.15, 0.2) is 35.2 Å². The van der Waals surface area contributed by atoms with Crippen LogP contribution in [0.2, 0.25) is 5.15 Å². The minimum Gasteiger partial charge on any atom is -0.365 e. The van der Waals surface area contributed by atoms with Crippen LogP contribution in [0.5, 0.6) is 0 Å². The lowest BCUT2D eigenvalue weighted by Gasteiger charge is -2.15. The van der Waals surface area contributed by atoms with Crippen molar-refractivity contribution in [2.24, 2.45) is 5.73 Å². The zero-order valence-corrected chi connectivity index (χ0v) is 11.9. The number of anilines is 1. The van der Waals surface area contributed by atoms with Crippen molar-refractivity contribution in [3.63, 3.8) is 0 Å².